The highest BCUT2D eigenvalue weighted by Gasteiger charge is 2.31. The summed E-state index contributed by atoms with van der Waals surface area (Å²) in [4.78, 5) is 61.7. The normalized spacial score (nSPS) is 12.5. The number of nitrogens with one attached hydrogen (secondary N) is 2. The van der Waals surface area contributed by atoms with Gasteiger partial charge in [0.2, 0.25) is 17.7 Å². The van der Waals surface area contributed by atoms with Crippen molar-refractivity contribution >= 4 is 35.6 Å². The molecule has 12 N–H and O–H groups in total. The first-order chi connectivity index (χ1) is 21.9. The third-order valence-corrected chi connectivity index (χ3v) is 6.85. The molecule has 0 heterocycles. The maximum atomic E-state index is 13.8. The van der Waals surface area contributed by atoms with Crippen LogP contribution in [-0.4, -0.2) is 88.5 Å². The predicted molar refractivity (Wildman–Crippen MR) is 174 cm³/mol. The van der Waals surface area contributed by atoms with Gasteiger partial charge in [0.1, 0.15) is 23.9 Å². The molecule has 15 heteroatoms. The molecular weight excluding hydrogens is 594 g/mol. The molecule has 0 aliphatic carbocycles. The lowest BCUT2D eigenvalue weighted by Gasteiger charge is -2.29. The summed E-state index contributed by atoms with van der Waals surface area (Å²) in [7, 11) is 0. The van der Waals surface area contributed by atoms with Crippen LogP contribution in [0.15, 0.2) is 64.6 Å². The van der Waals surface area contributed by atoms with Crippen LogP contribution in [0.1, 0.15) is 43.7 Å². The van der Waals surface area contributed by atoms with Gasteiger partial charge in [-0.15, -0.1) is 0 Å². The highest BCUT2D eigenvalue weighted by molar-refractivity contribution is 5.94. The Bertz CT molecular complexity index is 1340. The van der Waals surface area contributed by atoms with Crippen molar-refractivity contribution < 1.29 is 29.4 Å². The Hall–Kier alpha value is -5.34. The molecular formula is C31H45N9O6. The Balaban J connectivity index is 2.37. The smallest absolute Gasteiger partial charge is 0.305 e. The zero-order chi connectivity index (χ0) is 34.1. The van der Waals surface area contributed by atoms with Gasteiger partial charge in [-0.2, -0.15) is 0 Å². The lowest BCUT2D eigenvalue weighted by Crippen LogP contribution is -2.56. The van der Waals surface area contributed by atoms with Gasteiger partial charge in [-0.3, -0.25) is 24.2 Å². The van der Waals surface area contributed by atoms with Crippen molar-refractivity contribution in [2.24, 2.45) is 32.9 Å². The zero-order valence-corrected chi connectivity index (χ0v) is 26.0. The number of phenolic OH excluding ortho intramolecular Hbond substituents is 1. The van der Waals surface area contributed by atoms with Crippen LogP contribution in [0, 0.1) is 0 Å². The van der Waals surface area contributed by atoms with E-state index in [1.165, 1.54) is 17.0 Å². The second kappa shape index (κ2) is 19.1. The minimum absolute atomic E-state index is 0.0285. The van der Waals surface area contributed by atoms with Gasteiger partial charge in [0.05, 0.1) is 6.42 Å². The Kier molecular flexibility index (Phi) is 15.3. The summed E-state index contributed by atoms with van der Waals surface area (Å²) in [5.74, 6) is -3.21. The topological polar surface area (TPSA) is 265 Å². The van der Waals surface area contributed by atoms with Crippen LogP contribution in [0.25, 0.3) is 0 Å². The number of hydrogen-bond donors (Lipinski definition) is 8. The number of aliphatic carboxylic acids is 1. The van der Waals surface area contributed by atoms with Crippen molar-refractivity contribution in [3.63, 3.8) is 0 Å². The van der Waals surface area contributed by atoms with Crippen LogP contribution in [0.3, 0.4) is 0 Å². The summed E-state index contributed by atoms with van der Waals surface area (Å²) >= 11 is 0. The number of nitrogens with two attached hydrogens (primary N) is 4. The number of amides is 3. The van der Waals surface area contributed by atoms with Gasteiger partial charge in [-0.05, 0) is 42.5 Å². The molecule has 0 fully saturated rings. The van der Waals surface area contributed by atoms with Gasteiger partial charge in [-0.1, -0.05) is 49.4 Å². The van der Waals surface area contributed by atoms with E-state index >= 15 is 0 Å². The van der Waals surface area contributed by atoms with E-state index in [2.05, 4.69) is 20.6 Å². The third kappa shape index (κ3) is 13.5. The van der Waals surface area contributed by atoms with Crippen LogP contribution in [0.2, 0.25) is 0 Å². The quantitative estimate of drug-likeness (QED) is 0.0557. The SMILES string of the molecule is CCCN(CCC(=O)O)C(=O)[C@H](Cc1ccccc1)NC(=O)[C@@H](CCCN=C(N)N)NC(=O)[C@H](Cc1ccc(O)cc1)N=C(N)N. The maximum Gasteiger partial charge on any atom is 0.305 e. The number of aliphatic imine (C=N–C) groups is 2. The highest BCUT2D eigenvalue weighted by atomic mass is 16.4. The molecule has 2 rings (SSSR count). The molecule has 0 aromatic heterocycles. The van der Waals surface area contributed by atoms with Crippen LogP contribution in [0.4, 0.5) is 0 Å². The number of nitrogens with zero attached hydrogens (tertiary/aromatic N) is 3. The first-order valence-corrected chi connectivity index (χ1v) is 15.0. The molecule has 15 nitrogen and oxygen atoms in total. The van der Waals surface area contributed by atoms with Crippen molar-refractivity contribution in [1.82, 2.24) is 15.5 Å². The van der Waals surface area contributed by atoms with E-state index in [1.54, 1.807) is 24.3 Å². The minimum Gasteiger partial charge on any atom is -0.508 e. The minimum atomic E-state index is -1.14. The number of carbonyl (C=O) groups is 4. The fourth-order valence-corrected chi connectivity index (χ4v) is 4.65. The lowest BCUT2D eigenvalue weighted by molar-refractivity contribution is -0.140. The lowest BCUT2D eigenvalue weighted by atomic mass is 10.0. The summed E-state index contributed by atoms with van der Waals surface area (Å²) < 4.78 is 0. The first-order valence-electron chi connectivity index (χ1n) is 15.0. The van der Waals surface area contributed by atoms with Gasteiger partial charge >= 0.3 is 5.97 Å². The molecule has 0 bridgehead atoms. The van der Waals surface area contributed by atoms with E-state index in [1.807, 2.05) is 25.1 Å². The van der Waals surface area contributed by atoms with E-state index in [9.17, 15) is 29.4 Å². The highest BCUT2D eigenvalue weighted by Crippen LogP contribution is 2.14. The second-order valence-corrected chi connectivity index (χ2v) is 10.7. The molecule has 0 radical (unpaired) electrons. The van der Waals surface area contributed by atoms with Gasteiger partial charge in [0, 0.05) is 32.5 Å². The first kappa shape index (κ1) is 36.8. The number of phenols is 1. The summed E-state index contributed by atoms with van der Waals surface area (Å²) in [6.07, 6.45) is 0.926. The summed E-state index contributed by atoms with van der Waals surface area (Å²) in [5, 5.41) is 24.3. The van der Waals surface area contributed by atoms with Crippen molar-refractivity contribution in [2.75, 3.05) is 19.6 Å². The number of carboxylic acids is 1. The molecule has 0 spiro atoms. The average Bonchev–Trinajstić information content (AvgIpc) is 3.00. The molecule has 0 aliphatic rings. The molecule has 0 unspecified atom stereocenters. The second-order valence-electron chi connectivity index (χ2n) is 10.7. The number of benzene rings is 2. The van der Waals surface area contributed by atoms with Crippen molar-refractivity contribution in [3.05, 3.63) is 65.7 Å². The standard InChI is InChI=1S/C31H45N9O6/c1-2-16-40(17-14-26(42)43)29(46)25(19-20-7-4-3-5-8-20)38-27(44)23(9-6-15-36-30(32)33)37-28(45)24(39-31(34)35)18-21-10-12-22(41)13-11-21/h3-5,7-8,10-13,23-25,41H,2,6,9,14-19H2,1H3,(H,37,45)(H,38,44)(H,42,43)(H4,32,33,36)(H4,34,35,39)/t23-,24+,25+/m1/s1. The fourth-order valence-electron chi connectivity index (χ4n) is 4.65. The van der Waals surface area contributed by atoms with E-state index in [-0.39, 0.29) is 56.4 Å². The van der Waals surface area contributed by atoms with Gasteiger partial charge in [0.15, 0.2) is 11.9 Å². The van der Waals surface area contributed by atoms with Crippen molar-refractivity contribution in [3.8, 4) is 5.75 Å². The summed E-state index contributed by atoms with van der Waals surface area (Å²) in [6.45, 7) is 2.31. The number of rotatable bonds is 19. The van der Waals surface area contributed by atoms with E-state index in [0.29, 0.717) is 24.9 Å². The van der Waals surface area contributed by atoms with E-state index < -0.39 is 41.8 Å². The van der Waals surface area contributed by atoms with Crippen LogP contribution < -0.4 is 33.6 Å². The van der Waals surface area contributed by atoms with E-state index in [0.717, 1.165) is 5.56 Å². The molecule has 46 heavy (non-hydrogen) atoms. The monoisotopic (exact) mass is 639 g/mol. The van der Waals surface area contributed by atoms with Crippen LogP contribution >= 0.6 is 0 Å². The Morgan fingerprint density at radius 2 is 1.46 bits per heavy atom. The Labute approximate surface area is 268 Å². The Morgan fingerprint density at radius 3 is 2.04 bits per heavy atom. The fraction of sp³-hybridized carbons (Fsp3) is 0.419. The molecule has 0 aliphatic heterocycles. The molecule has 0 saturated carbocycles. The predicted octanol–water partition coefficient (Wildman–Crippen LogP) is -0.444. The molecule has 3 atom stereocenters. The Morgan fingerprint density at radius 1 is 0.826 bits per heavy atom. The number of guanidine groups is 2. The van der Waals surface area contributed by atoms with Gasteiger partial charge < -0.3 is 48.7 Å². The van der Waals surface area contributed by atoms with Gasteiger partial charge in [0.25, 0.3) is 0 Å². The summed E-state index contributed by atoms with van der Waals surface area (Å²) in [6, 6.07) is 11.9. The van der Waals surface area contributed by atoms with Crippen molar-refractivity contribution in [1.29, 1.82) is 0 Å². The average molecular weight is 640 g/mol. The van der Waals surface area contributed by atoms with Crippen LogP contribution in [0.5, 0.6) is 5.75 Å². The zero-order valence-electron chi connectivity index (χ0n) is 26.0. The molecule has 3 amide bonds. The molecule has 0 saturated heterocycles. The third-order valence-electron chi connectivity index (χ3n) is 6.85. The van der Waals surface area contributed by atoms with E-state index in [4.69, 9.17) is 22.9 Å². The summed E-state index contributed by atoms with van der Waals surface area (Å²) in [5.41, 5.74) is 23.5. The number of aromatic hydroxyl groups is 1. The largest absolute Gasteiger partial charge is 0.508 e. The molecule has 2 aromatic carbocycles. The number of hydrogen-bond acceptors (Lipinski definition) is 7. The van der Waals surface area contributed by atoms with Crippen LogP contribution in [-0.2, 0) is 32.0 Å². The molecule has 2 aromatic rings. The molecule has 250 valence electrons. The van der Waals surface area contributed by atoms with Crippen molar-refractivity contribution in [2.45, 2.75) is 63.6 Å². The maximum absolute atomic E-state index is 13.8. The van der Waals surface area contributed by atoms with Gasteiger partial charge in [-0.25, -0.2) is 4.99 Å². The number of carboxylic acid groups (broad SMARTS) is 1. The number of carbonyl (C=O) groups excluding carboxylic acids is 3.